The van der Waals surface area contributed by atoms with Crippen LogP contribution in [0.5, 0.6) is 0 Å². The predicted octanol–water partition coefficient (Wildman–Crippen LogP) is 3.54. The Kier molecular flexibility index (Phi) is 7.82. The van der Waals surface area contributed by atoms with Crippen molar-refractivity contribution >= 4 is 39.1 Å². The van der Waals surface area contributed by atoms with Gasteiger partial charge in [-0.3, -0.25) is 9.52 Å². The van der Waals surface area contributed by atoms with Crippen molar-refractivity contribution in [1.29, 1.82) is 0 Å². The number of hydrogen-bond donors (Lipinski definition) is 2. The number of carbonyl (C=O) groups excluding carboxylic acids is 1. The van der Waals surface area contributed by atoms with Crippen LogP contribution in [0.1, 0.15) is 36.7 Å². The molecule has 0 atom stereocenters. The maximum atomic E-state index is 12.3. The summed E-state index contributed by atoms with van der Waals surface area (Å²) >= 11 is 1.49. The molecule has 1 aromatic carbocycles. The Bertz CT molecular complexity index is 906. The maximum Gasteiger partial charge on any atom is 0.232 e. The average molecular weight is 423 g/mol. The molecule has 0 aliphatic carbocycles. The van der Waals surface area contributed by atoms with Crippen molar-refractivity contribution in [2.24, 2.45) is 0 Å². The van der Waals surface area contributed by atoms with Gasteiger partial charge in [0.15, 0.2) is 5.16 Å². The zero-order valence-corrected chi connectivity index (χ0v) is 18.2. The normalized spacial score (nSPS) is 11.3. The topological polar surface area (TPSA) is 101 Å². The van der Waals surface area contributed by atoms with Crippen LogP contribution >= 0.6 is 11.8 Å². The Morgan fingerprint density at radius 1 is 1.07 bits per heavy atom. The van der Waals surface area contributed by atoms with Crippen molar-refractivity contribution in [3.8, 4) is 0 Å². The molecular formula is C19H26N4O3S2. The van der Waals surface area contributed by atoms with Crippen LogP contribution in [0.15, 0.2) is 29.4 Å². The first-order chi connectivity index (χ1) is 13.2. The quantitative estimate of drug-likeness (QED) is 0.473. The van der Waals surface area contributed by atoms with Crippen LogP contribution in [0.4, 0.5) is 11.4 Å². The van der Waals surface area contributed by atoms with Gasteiger partial charge in [-0.1, -0.05) is 18.7 Å². The molecule has 152 valence electrons. The molecule has 1 amide bonds. The molecule has 0 bridgehead atoms. The van der Waals surface area contributed by atoms with Crippen LogP contribution in [0.2, 0.25) is 0 Å². The minimum absolute atomic E-state index is 0.0754. The van der Waals surface area contributed by atoms with Crippen molar-refractivity contribution in [3.05, 3.63) is 41.2 Å². The fourth-order valence-electron chi connectivity index (χ4n) is 2.74. The van der Waals surface area contributed by atoms with E-state index >= 15 is 0 Å². The van der Waals surface area contributed by atoms with E-state index in [1.54, 1.807) is 24.3 Å². The molecule has 0 radical (unpaired) electrons. The molecule has 0 fully saturated rings. The number of benzene rings is 1. The Labute approximate surface area is 170 Å². The summed E-state index contributed by atoms with van der Waals surface area (Å²) in [4.78, 5) is 21.1. The highest BCUT2D eigenvalue weighted by atomic mass is 32.2. The summed E-state index contributed by atoms with van der Waals surface area (Å²) in [5, 5.41) is 3.56. The van der Waals surface area contributed by atoms with Crippen molar-refractivity contribution in [1.82, 2.24) is 9.97 Å². The van der Waals surface area contributed by atoms with E-state index < -0.39 is 10.0 Å². The molecular weight excluding hydrogens is 396 g/mol. The molecule has 28 heavy (non-hydrogen) atoms. The monoisotopic (exact) mass is 422 g/mol. The fraction of sp³-hybridized carbons (Fsp3) is 0.421. The van der Waals surface area contributed by atoms with Crippen molar-refractivity contribution in [2.45, 2.75) is 45.2 Å². The smallest absolute Gasteiger partial charge is 0.232 e. The number of anilines is 2. The van der Waals surface area contributed by atoms with E-state index in [1.807, 2.05) is 27.0 Å². The molecule has 2 N–H and O–H groups in total. The average Bonchev–Trinajstić information content (AvgIpc) is 2.62. The summed E-state index contributed by atoms with van der Waals surface area (Å²) in [6.45, 7) is 5.67. The summed E-state index contributed by atoms with van der Waals surface area (Å²) in [5.74, 6) is -0.0431. The molecule has 1 heterocycles. The predicted molar refractivity (Wildman–Crippen MR) is 114 cm³/mol. The lowest BCUT2D eigenvalue weighted by molar-refractivity contribution is -0.116. The van der Waals surface area contributed by atoms with Gasteiger partial charge < -0.3 is 5.32 Å². The van der Waals surface area contributed by atoms with Gasteiger partial charge in [0, 0.05) is 29.2 Å². The van der Waals surface area contributed by atoms with Crippen LogP contribution in [0.25, 0.3) is 0 Å². The summed E-state index contributed by atoms with van der Waals surface area (Å²) in [5.41, 5.74) is 3.88. The number of aromatic nitrogens is 2. The minimum Gasteiger partial charge on any atom is -0.326 e. The first-order valence-electron chi connectivity index (χ1n) is 9.02. The molecule has 0 aliphatic rings. The van der Waals surface area contributed by atoms with Gasteiger partial charge in [0.1, 0.15) is 0 Å². The number of nitrogens with zero attached hydrogens (tertiary/aromatic N) is 2. The van der Waals surface area contributed by atoms with E-state index in [9.17, 15) is 13.2 Å². The minimum atomic E-state index is -3.32. The lowest BCUT2D eigenvalue weighted by atomic mass is 10.1. The molecule has 2 rings (SSSR count). The van der Waals surface area contributed by atoms with Crippen molar-refractivity contribution < 1.29 is 13.2 Å². The number of nitrogens with one attached hydrogen (secondary N) is 2. The Hall–Kier alpha value is -2.13. The SMILES string of the molecule is CCCS(=O)(=O)Nc1ccc(NC(=O)CCc2c(C)nc(SC)nc2C)cc1. The second kappa shape index (κ2) is 9.88. The lowest BCUT2D eigenvalue weighted by Crippen LogP contribution is -2.16. The molecule has 2 aromatic rings. The summed E-state index contributed by atoms with van der Waals surface area (Å²) in [7, 11) is -3.32. The van der Waals surface area contributed by atoms with Crippen LogP contribution in [0, 0.1) is 13.8 Å². The van der Waals surface area contributed by atoms with Gasteiger partial charge >= 0.3 is 0 Å². The van der Waals surface area contributed by atoms with Crippen LogP contribution in [-0.2, 0) is 21.2 Å². The first-order valence-corrected chi connectivity index (χ1v) is 11.9. The standard InChI is InChI=1S/C19H26N4O3S2/c1-5-12-28(25,26)23-16-8-6-15(7-9-16)22-18(24)11-10-17-13(2)20-19(27-4)21-14(17)3/h6-9,23H,5,10-12H2,1-4H3,(H,22,24). The molecule has 0 unspecified atom stereocenters. The van der Waals surface area contributed by atoms with Crippen molar-refractivity contribution in [2.75, 3.05) is 22.0 Å². The van der Waals surface area contributed by atoms with Gasteiger partial charge in [-0.05, 0) is 62.8 Å². The number of hydrogen-bond acceptors (Lipinski definition) is 6. The number of sulfonamides is 1. The third-order valence-corrected chi connectivity index (χ3v) is 6.14. The van der Waals surface area contributed by atoms with E-state index in [1.165, 1.54) is 11.8 Å². The van der Waals surface area contributed by atoms with E-state index in [0.717, 1.165) is 22.1 Å². The third kappa shape index (κ3) is 6.49. The van der Waals surface area contributed by atoms with Crippen LogP contribution in [-0.4, -0.2) is 36.3 Å². The summed E-state index contributed by atoms with van der Waals surface area (Å²) in [6.07, 6.45) is 3.36. The first kappa shape index (κ1) is 22.2. The van der Waals surface area contributed by atoms with Crippen LogP contribution < -0.4 is 10.0 Å². The number of amides is 1. The molecule has 1 aromatic heterocycles. The van der Waals surface area contributed by atoms with Gasteiger partial charge in [-0.2, -0.15) is 0 Å². The maximum absolute atomic E-state index is 12.3. The Morgan fingerprint density at radius 2 is 1.64 bits per heavy atom. The van der Waals surface area contributed by atoms with Gasteiger partial charge in [0.2, 0.25) is 15.9 Å². The number of carbonyl (C=O) groups is 1. The van der Waals surface area contributed by atoms with E-state index in [0.29, 0.717) is 30.6 Å². The number of aryl methyl sites for hydroxylation is 2. The largest absolute Gasteiger partial charge is 0.326 e. The Balaban J connectivity index is 1.93. The van der Waals surface area contributed by atoms with Gasteiger partial charge in [0.05, 0.1) is 5.75 Å². The van der Waals surface area contributed by atoms with Crippen LogP contribution in [0.3, 0.4) is 0 Å². The molecule has 0 saturated carbocycles. The van der Waals surface area contributed by atoms with Gasteiger partial charge in [0.25, 0.3) is 0 Å². The molecule has 9 heteroatoms. The number of rotatable bonds is 9. The second-order valence-corrected chi connectivity index (χ2v) is 9.02. The molecule has 0 saturated heterocycles. The number of thioether (sulfide) groups is 1. The van der Waals surface area contributed by atoms with Crippen molar-refractivity contribution in [3.63, 3.8) is 0 Å². The van der Waals surface area contributed by atoms with E-state index in [4.69, 9.17) is 0 Å². The van der Waals surface area contributed by atoms with E-state index in [2.05, 4.69) is 20.0 Å². The summed E-state index contributed by atoms with van der Waals surface area (Å²) in [6, 6.07) is 6.61. The summed E-state index contributed by atoms with van der Waals surface area (Å²) < 4.78 is 26.1. The Morgan fingerprint density at radius 3 is 2.18 bits per heavy atom. The highest BCUT2D eigenvalue weighted by Gasteiger charge is 2.12. The lowest BCUT2D eigenvalue weighted by Gasteiger charge is -2.11. The van der Waals surface area contributed by atoms with Gasteiger partial charge in [-0.25, -0.2) is 18.4 Å². The van der Waals surface area contributed by atoms with Gasteiger partial charge in [-0.15, -0.1) is 0 Å². The highest BCUT2D eigenvalue weighted by Crippen LogP contribution is 2.18. The second-order valence-electron chi connectivity index (χ2n) is 6.41. The third-order valence-electron chi connectivity index (χ3n) is 4.10. The molecule has 0 spiro atoms. The molecule has 0 aliphatic heterocycles. The fourth-order valence-corrected chi connectivity index (χ4v) is 4.34. The van der Waals surface area contributed by atoms with E-state index in [-0.39, 0.29) is 11.7 Å². The zero-order chi connectivity index (χ0) is 20.7. The molecule has 7 nitrogen and oxygen atoms in total. The highest BCUT2D eigenvalue weighted by molar-refractivity contribution is 7.98. The zero-order valence-electron chi connectivity index (χ0n) is 16.6.